The summed E-state index contributed by atoms with van der Waals surface area (Å²) in [6.07, 6.45) is 0. The predicted octanol–water partition coefficient (Wildman–Crippen LogP) is 13.2. The zero-order valence-corrected chi connectivity index (χ0v) is 26.6. The number of hydrogen-bond acceptors (Lipinski definition) is 1. The van der Waals surface area contributed by atoms with Crippen LogP contribution in [-0.4, -0.2) is 0 Å². The lowest BCUT2D eigenvalue weighted by molar-refractivity contribution is 0.661. The van der Waals surface area contributed by atoms with Crippen LogP contribution in [0.5, 0.6) is 0 Å². The Hall–Kier alpha value is -5.24. The fourth-order valence-electron chi connectivity index (χ4n) is 8.00. The summed E-state index contributed by atoms with van der Waals surface area (Å²) in [5.74, 6) is 0. The van der Waals surface area contributed by atoms with Crippen molar-refractivity contribution in [3.63, 3.8) is 0 Å². The molecule has 0 amide bonds. The van der Waals surface area contributed by atoms with Crippen LogP contribution in [0.4, 0.5) is 0 Å². The SMILES string of the molecule is CC1(C)c2ccccc2-c2cc3ccc4ccc(-c5ccc6cc(-c7cccc8c7sc7ccccc78)ccc6c5)cc4c3cc21. The van der Waals surface area contributed by atoms with Crippen molar-refractivity contribution >= 4 is 63.8 Å². The summed E-state index contributed by atoms with van der Waals surface area (Å²) in [4.78, 5) is 0. The lowest BCUT2D eigenvalue weighted by Gasteiger charge is -2.22. The van der Waals surface area contributed by atoms with E-state index in [0.717, 1.165) is 0 Å². The van der Waals surface area contributed by atoms with Crippen LogP contribution < -0.4 is 0 Å². The molecule has 1 aliphatic rings. The highest BCUT2D eigenvalue weighted by Crippen LogP contribution is 2.50. The van der Waals surface area contributed by atoms with Crippen molar-refractivity contribution in [2.45, 2.75) is 19.3 Å². The van der Waals surface area contributed by atoms with Gasteiger partial charge in [-0.2, -0.15) is 0 Å². The van der Waals surface area contributed by atoms with Gasteiger partial charge in [0.2, 0.25) is 0 Å². The van der Waals surface area contributed by atoms with Crippen LogP contribution in [0.2, 0.25) is 0 Å². The van der Waals surface area contributed by atoms with Crippen molar-refractivity contribution in [3.05, 3.63) is 157 Å². The fraction of sp³-hybridized carbons (Fsp3) is 0.0667. The van der Waals surface area contributed by atoms with Gasteiger partial charge >= 0.3 is 0 Å². The Morgan fingerprint density at radius 1 is 0.391 bits per heavy atom. The zero-order valence-electron chi connectivity index (χ0n) is 25.8. The lowest BCUT2D eigenvalue weighted by atomic mass is 9.81. The van der Waals surface area contributed by atoms with E-state index >= 15 is 0 Å². The average Bonchev–Trinajstić information content (AvgIpc) is 3.59. The molecule has 9 aromatic rings. The minimum Gasteiger partial charge on any atom is -0.135 e. The predicted molar refractivity (Wildman–Crippen MR) is 200 cm³/mol. The molecule has 1 heteroatoms. The number of thiophene rings is 1. The van der Waals surface area contributed by atoms with Crippen molar-refractivity contribution in [3.8, 4) is 33.4 Å². The largest absolute Gasteiger partial charge is 0.135 e. The second-order valence-electron chi connectivity index (χ2n) is 13.3. The van der Waals surface area contributed by atoms with E-state index < -0.39 is 0 Å². The Labute approximate surface area is 272 Å². The summed E-state index contributed by atoms with van der Waals surface area (Å²) in [5, 5.41) is 10.5. The maximum atomic E-state index is 2.47. The van der Waals surface area contributed by atoms with Crippen molar-refractivity contribution < 1.29 is 0 Å². The molecule has 1 heterocycles. The molecule has 10 rings (SSSR count). The standard InChI is InChI=1S/C45H30S/c1-45(2)41-12-5-3-8-35(41)40-25-33-20-15-27-14-16-31(24-38(27)39(33)26-42(40)45)29-17-18-30-23-32(21-19-28(30)22-29)34-10-7-11-37-36-9-4-6-13-43(36)46-44(34)37/h3-26H,1-2H3. The van der Waals surface area contributed by atoms with Crippen molar-refractivity contribution in [2.75, 3.05) is 0 Å². The third kappa shape index (κ3) is 3.67. The van der Waals surface area contributed by atoms with Gasteiger partial charge in [-0.15, -0.1) is 11.3 Å². The first-order valence-electron chi connectivity index (χ1n) is 16.1. The molecule has 0 saturated heterocycles. The number of fused-ring (bicyclic) bond motifs is 10. The molecule has 0 nitrogen and oxygen atoms in total. The van der Waals surface area contributed by atoms with Gasteiger partial charge in [-0.25, -0.2) is 0 Å². The fourth-order valence-corrected chi connectivity index (χ4v) is 9.24. The van der Waals surface area contributed by atoms with E-state index in [0.29, 0.717) is 0 Å². The maximum Gasteiger partial charge on any atom is 0.0433 e. The molecule has 0 radical (unpaired) electrons. The topological polar surface area (TPSA) is 0 Å². The van der Waals surface area contributed by atoms with Gasteiger partial charge in [0.1, 0.15) is 0 Å². The minimum absolute atomic E-state index is 0.0143. The molecule has 0 unspecified atom stereocenters. The van der Waals surface area contributed by atoms with Gasteiger partial charge in [0, 0.05) is 25.6 Å². The second-order valence-corrected chi connectivity index (χ2v) is 14.4. The highest BCUT2D eigenvalue weighted by molar-refractivity contribution is 7.26. The monoisotopic (exact) mass is 602 g/mol. The van der Waals surface area contributed by atoms with Crippen LogP contribution in [0, 0.1) is 0 Å². The molecular weight excluding hydrogens is 573 g/mol. The summed E-state index contributed by atoms with van der Waals surface area (Å²) < 4.78 is 2.71. The Balaban J connectivity index is 1.08. The Bertz CT molecular complexity index is 2720. The molecule has 0 fully saturated rings. The number of rotatable bonds is 2. The molecule has 1 aromatic heterocycles. The molecular formula is C45H30S. The van der Waals surface area contributed by atoms with Crippen molar-refractivity contribution in [2.24, 2.45) is 0 Å². The van der Waals surface area contributed by atoms with E-state index in [9.17, 15) is 0 Å². The van der Waals surface area contributed by atoms with Gasteiger partial charge in [-0.3, -0.25) is 0 Å². The molecule has 1 aliphatic carbocycles. The first-order chi connectivity index (χ1) is 22.5. The first kappa shape index (κ1) is 26.0. The van der Waals surface area contributed by atoms with Crippen LogP contribution in [-0.2, 0) is 5.41 Å². The summed E-state index contributed by atoms with van der Waals surface area (Å²) in [5.41, 5.74) is 10.7. The zero-order chi connectivity index (χ0) is 30.6. The van der Waals surface area contributed by atoms with E-state index in [-0.39, 0.29) is 5.41 Å². The van der Waals surface area contributed by atoms with E-state index in [2.05, 4.69) is 159 Å². The van der Waals surface area contributed by atoms with E-state index in [4.69, 9.17) is 0 Å². The summed E-state index contributed by atoms with van der Waals surface area (Å²) >= 11 is 1.89. The summed E-state index contributed by atoms with van der Waals surface area (Å²) in [7, 11) is 0. The minimum atomic E-state index is -0.0143. The van der Waals surface area contributed by atoms with Gasteiger partial charge in [-0.05, 0) is 113 Å². The van der Waals surface area contributed by atoms with E-state index in [1.54, 1.807) is 0 Å². The van der Waals surface area contributed by atoms with E-state index in [1.165, 1.54) is 97.0 Å². The highest BCUT2D eigenvalue weighted by Gasteiger charge is 2.35. The summed E-state index contributed by atoms with van der Waals surface area (Å²) in [6.45, 7) is 4.73. The van der Waals surface area contributed by atoms with Gasteiger partial charge in [-0.1, -0.05) is 123 Å². The lowest BCUT2D eigenvalue weighted by Crippen LogP contribution is -2.14. The molecule has 0 atom stereocenters. The van der Waals surface area contributed by atoms with Gasteiger partial charge in [0.05, 0.1) is 0 Å². The quantitative estimate of drug-likeness (QED) is 0.173. The molecule has 8 aromatic carbocycles. The molecule has 0 saturated carbocycles. The average molecular weight is 603 g/mol. The smallest absolute Gasteiger partial charge is 0.0433 e. The number of benzene rings is 8. The number of hydrogen-bond donors (Lipinski definition) is 0. The van der Waals surface area contributed by atoms with Crippen LogP contribution in [0.15, 0.2) is 146 Å². The molecule has 0 N–H and O–H groups in total. The first-order valence-corrected chi connectivity index (χ1v) is 16.9. The molecule has 0 spiro atoms. The summed E-state index contributed by atoms with van der Waals surface area (Å²) in [6, 6.07) is 54.6. The van der Waals surface area contributed by atoms with Crippen LogP contribution >= 0.6 is 11.3 Å². The van der Waals surface area contributed by atoms with Gasteiger partial charge < -0.3 is 0 Å². The molecule has 0 bridgehead atoms. The van der Waals surface area contributed by atoms with Crippen LogP contribution in [0.3, 0.4) is 0 Å². The van der Waals surface area contributed by atoms with E-state index in [1.807, 2.05) is 11.3 Å². The third-order valence-electron chi connectivity index (χ3n) is 10.4. The Morgan fingerprint density at radius 2 is 1.02 bits per heavy atom. The van der Waals surface area contributed by atoms with Crippen LogP contribution in [0.25, 0.3) is 85.9 Å². The Kier molecular flexibility index (Phi) is 5.31. The normalized spacial score (nSPS) is 13.6. The maximum absolute atomic E-state index is 2.47. The molecule has 46 heavy (non-hydrogen) atoms. The molecule has 216 valence electrons. The second kappa shape index (κ2) is 9.39. The van der Waals surface area contributed by atoms with Crippen LogP contribution in [0.1, 0.15) is 25.0 Å². The van der Waals surface area contributed by atoms with Crippen molar-refractivity contribution in [1.29, 1.82) is 0 Å². The third-order valence-corrected chi connectivity index (χ3v) is 11.6. The molecule has 0 aliphatic heterocycles. The van der Waals surface area contributed by atoms with Crippen molar-refractivity contribution in [1.82, 2.24) is 0 Å². The Morgan fingerprint density at radius 3 is 1.91 bits per heavy atom. The van der Waals surface area contributed by atoms with Gasteiger partial charge in [0.25, 0.3) is 0 Å². The highest BCUT2D eigenvalue weighted by atomic mass is 32.1. The van der Waals surface area contributed by atoms with Gasteiger partial charge in [0.15, 0.2) is 0 Å².